The number of hydrogen-bond acceptors (Lipinski definition) is 7. The van der Waals surface area contributed by atoms with Crippen molar-refractivity contribution in [3.05, 3.63) is 29.6 Å². The van der Waals surface area contributed by atoms with Gasteiger partial charge in [-0.3, -0.25) is 0 Å². The Balaban J connectivity index is 1.47. The Hall–Kier alpha value is -1.41. The number of tetrazole rings is 1. The van der Waals surface area contributed by atoms with Crippen molar-refractivity contribution in [3.8, 4) is 11.5 Å². The third kappa shape index (κ3) is 5.30. The second-order valence-electron chi connectivity index (χ2n) is 6.33. The third-order valence-corrected chi connectivity index (χ3v) is 7.58. The van der Waals surface area contributed by atoms with Crippen LogP contribution in [-0.4, -0.2) is 45.4 Å². The molecule has 0 radical (unpaired) electrons. The summed E-state index contributed by atoms with van der Waals surface area (Å²) in [6.45, 7) is 0.771. The van der Waals surface area contributed by atoms with Crippen molar-refractivity contribution < 1.29 is 9.47 Å². The summed E-state index contributed by atoms with van der Waals surface area (Å²) in [5, 5.41) is 13.1. The number of benzene rings is 1. The smallest absolute Gasteiger partial charge is 0.160 e. The highest BCUT2D eigenvalue weighted by Gasteiger charge is 2.16. The molecule has 1 fully saturated rings. The molecule has 1 aromatic carbocycles. The first-order valence-corrected chi connectivity index (χ1v) is 11.4. The molecule has 1 aliphatic rings. The minimum atomic E-state index is 0.748. The fourth-order valence-corrected chi connectivity index (χ4v) is 6.09. The Labute approximate surface area is 162 Å². The average molecular weight is 395 g/mol. The van der Waals surface area contributed by atoms with Gasteiger partial charge in [0.1, 0.15) is 0 Å². The largest absolute Gasteiger partial charge is 0.493 e. The lowest BCUT2D eigenvalue weighted by atomic mass is 10.1. The molecular weight excluding hydrogens is 368 g/mol. The number of rotatable bonds is 10. The van der Waals surface area contributed by atoms with Gasteiger partial charge < -0.3 is 9.47 Å². The molecule has 0 N–H and O–H groups in total. The van der Waals surface area contributed by atoms with Crippen LogP contribution in [0.2, 0.25) is 0 Å². The topological polar surface area (TPSA) is 62.1 Å². The van der Waals surface area contributed by atoms with Gasteiger partial charge in [-0.1, -0.05) is 34.1 Å². The molecule has 2 aromatic rings. The van der Waals surface area contributed by atoms with Gasteiger partial charge in [0, 0.05) is 24.0 Å². The van der Waals surface area contributed by atoms with Crippen LogP contribution in [-0.2, 0) is 19.4 Å². The van der Waals surface area contributed by atoms with Crippen molar-refractivity contribution in [2.24, 2.45) is 0 Å². The molecule has 1 atom stereocenters. The number of ether oxygens (including phenoxy) is 2. The maximum absolute atomic E-state index is 5.37. The molecule has 1 aromatic heterocycles. The van der Waals surface area contributed by atoms with E-state index in [1.807, 2.05) is 27.6 Å². The van der Waals surface area contributed by atoms with Gasteiger partial charge >= 0.3 is 0 Å². The van der Waals surface area contributed by atoms with E-state index in [2.05, 4.69) is 32.4 Å². The van der Waals surface area contributed by atoms with E-state index in [9.17, 15) is 0 Å². The highest BCUT2D eigenvalue weighted by Crippen LogP contribution is 2.39. The summed E-state index contributed by atoms with van der Waals surface area (Å²) >= 11 is 0. The number of methoxy groups -OCH3 is 2. The lowest BCUT2D eigenvalue weighted by Gasteiger charge is -2.10. The molecule has 1 unspecified atom stereocenters. The fraction of sp³-hybridized carbons (Fsp3) is 0.611. The van der Waals surface area contributed by atoms with E-state index >= 15 is 0 Å². The first-order valence-electron chi connectivity index (χ1n) is 9.04. The summed E-state index contributed by atoms with van der Waals surface area (Å²) < 4.78 is 12.6. The molecule has 142 valence electrons. The second kappa shape index (κ2) is 10.1. The molecule has 0 bridgehead atoms. The van der Waals surface area contributed by atoms with Crippen molar-refractivity contribution in [2.45, 2.75) is 50.3 Å². The van der Waals surface area contributed by atoms with Crippen molar-refractivity contribution in [3.63, 3.8) is 0 Å². The number of aromatic nitrogens is 4. The van der Waals surface area contributed by atoms with Crippen molar-refractivity contribution in [2.75, 3.05) is 20.0 Å². The van der Waals surface area contributed by atoms with Crippen LogP contribution in [0.1, 0.15) is 37.1 Å². The summed E-state index contributed by atoms with van der Waals surface area (Å²) in [5.41, 5.74) is 1.18. The molecular formula is C18H26N4O2S2. The Morgan fingerprint density at radius 2 is 2.04 bits per heavy atom. The van der Waals surface area contributed by atoms with Crippen molar-refractivity contribution >= 4 is 21.6 Å². The molecule has 0 amide bonds. The molecule has 26 heavy (non-hydrogen) atoms. The maximum atomic E-state index is 5.37. The van der Waals surface area contributed by atoms with E-state index < -0.39 is 0 Å². The first kappa shape index (κ1) is 19.4. The Morgan fingerprint density at radius 1 is 1.15 bits per heavy atom. The standard InChI is InChI=1S/C18H26N4O2S2/c1-23-16-8-7-14(13-17(16)24-2)9-11-22-18(19-20-21-22)6-4-3-5-15-10-12-25-26-15/h7-8,13,15H,3-6,9-12H2,1-2H3. The molecule has 0 spiro atoms. The van der Waals surface area contributed by atoms with E-state index in [0.29, 0.717) is 0 Å². The maximum Gasteiger partial charge on any atom is 0.160 e. The van der Waals surface area contributed by atoms with Crippen LogP contribution in [0.3, 0.4) is 0 Å². The van der Waals surface area contributed by atoms with E-state index in [4.69, 9.17) is 9.47 Å². The van der Waals surface area contributed by atoms with Crippen molar-refractivity contribution in [1.82, 2.24) is 20.2 Å². The minimum Gasteiger partial charge on any atom is -0.493 e. The first-order chi connectivity index (χ1) is 12.8. The SMILES string of the molecule is COc1ccc(CCn2nnnc2CCCCC2CCSS2)cc1OC. The normalized spacial score (nSPS) is 16.8. The van der Waals surface area contributed by atoms with Gasteiger partial charge in [0.05, 0.1) is 14.2 Å². The van der Waals surface area contributed by atoms with E-state index in [1.54, 1.807) is 14.2 Å². The Bertz CT molecular complexity index is 690. The monoisotopic (exact) mass is 394 g/mol. The van der Waals surface area contributed by atoms with Gasteiger partial charge in [0.2, 0.25) is 0 Å². The summed E-state index contributed by atoms with van der Waals surface area (Å²) in [4.78, 5) is 0. The predicted octanol–water partition coefficient (Wildman–Crippen LogP) is 3.80. The second-order valence-corrected chi connectivity index (χ2v) is 9.12. The predicted molar refractivity (Wildman–Crippen MR) is 107 cm³/mol. The molecule has 0 aliphatic carbocycles. The summed E-state index contributed by atoms with van der Waals surface area (Å²) in [5.74, 6) is 3.80. The molecule has 1 aliphatic heterocycles. The summed E-state index contributed by atoms with van der Waals surface area (Å²) in [6, 6.07) is 6.01. The zero-order valence-corrected chi connectivity index (χ0v) is 17.0. The fourth-order valence-electron chi connectivity index (χ4n) is 3.07. The van der Waals surface area contributed by atoms with Crippen LogP contribution < -0.4 is 9.47 Å². The Kier molecular flexibility index (Phi) is 7.49. The van der Waals surface area contributed by atoms with E-state index in [0.717, 1.165) is 48.4 Å². The molecule has 1 saturated heterocycles. The highest BCUT2D eigenvalue weighted by molar-refractivity contribution is 8.77. The molecule has 6 nitrogen and oxygen atoms in total. The number of unbranched alkanes of at least 4 members (excludes halogenated alkanes) is 1. The molecule has 3 rings (SSSR count). The van der Waals surface area contributed by atoms with Crippen LogP contribution in [0, 0.1) is 0 Å². The third-order valence-electron chi connectivity index (χ3n) is 4.57. The highest BCUT2D eigenvalue weighted by atomic mass is 33.1. The summed E-state index contributed by atoms with van der Waals surface area (Å²) in [7, 11) is 7.37. The van der Waals surface area contributed by atoms with Crippen LogP contribution in [0.25, 0.3) is 0 Å². The van der Waals surface area contributed by atoms with Gasteiger partial charge in [-0.15, -0.1) is 5.10 Å². The zero-order chi connectivity index (χ0) is 18.2. The van der Waals surface area contributed by atoms with Crippen LogP contribution in [0.4, 0.5) is 0 Å². The lowest BCUT2D eigenvalue weighted by molar-refractivity contribution is 0.354. The van der Waals surface area contributed by atoms with Crippen LogP contribution in [0.5, 0.6) is 11.5 Å². The van der Waals surface area contributed by atoms with Gasteiger partial charge in [0.25, 0.3) is 0 Å². The van der Waals surface area contributed by atoms with Crippen LogP contribution >= 0.6 is 21.6 Å². The Morgan fingerprint density at radius 3 is 2.81 bits per heavy atom. The van der Waals surface area contributed by atoms with Gasteiger partial charge in [-0.25, -0.2) is 4.68 Å². The average Bonchev–Trinajstić information content (AvgIpc) is 3.35. The van der Waals surface area contributed by atoms with Gasteiger partial charge in [-0.2, -0.15) is 0 Å². The zero-order valence-electron chi connectivity index (χ0n) is 15.4. The summed E-state index contributed by atoms with van der Waals surface area (Å²) in [6.07, 6.45) is 6.88. The molecule has 0 saturated carbocycles. The lowest BCUT2D eigenvalue weighted by Crippen LogP contribution is -2.09. The molecule has 2 heterocycles. The van der Waals surface area contributed by atoms with Gasteiger partial charge in [0.15, 0.2) is 17.3 Å². The minimum absolute atomic E-state index is 0.748. The van der Waals surface area contributed by atoms with E-state index in [1.165, 1.54) is 30.6 Å². The quantitative estimate of drug-likeness (QED) is 0.449. The van der Waals surface area contributed by atoms with E-state index in [-0.39, 0.29) is 0 Å². The van der Waals surface area contributed by atoms with Crippen molar-refractivity contribution in [1.29, 1.82) is 0 Å². The number of aryl methyl sites for hydroxylation is 3. The number of nitrogens with zero attached hydrogens (tertiary/aromatic N) is 4. The number of hydrogen-bond donors (Lipinski definition) is 0. The van der Waals surface area contributed by atoms with Gasteiger partial charge in [-0.05, 0) is 53.8 Å². The molecule has 8 heteroatoms. The van der Waals surface area contributed by atoms with Crippen LogP contribution in [0.15, 0.2) is 18.2 Å².